The number of amides is 1. The van der Waals surface area contributed by atoms with Crippen molar-refractivity contribution in [1.82, 2.24) is 9.88 Å². The average Bonchev–Trinajstić information content (AvgIpc) is 2.76. The van der Waals surface area contributed by atoms with Crippen LogP contribution in [0.4, 0.5) is 0 Å². The van der Waals surface area contributed by atoms with Gasteiger partial charge in [0, 0.05) is 36.6 Å². The van der Waals surface area contributed by atoms with Crippen LogP contribution in [0.2, 0.25) is 0 Å². The number of benzene rings is 1. The van der Waals surface area contributed by atoms with Crippen molar-refractivity contribution in [3.05, 3.63) is 36.0 Å². The van der Waals surface area contributed by atoms with Gasteiger partial charge in [-0.25, -0.2) is 0 Å². The van der Waals surface area contributed by atoms with Crippen molar-refractivity contribution in [3.63, 3.8) is 0 Å². The Balaban J connectivity index is 2.13. The number of carbonyl (C=O) groups is 2. The molecule has 0 spiro atoms. The minimum absolute atomic E-state index is 0.271. The Bertz CT molecular complexity index is 689. The molecule has 1 aromatic heterocycles. The van der Waals surface area contributed by atoms with E-state index in [0.29, 0.717) is 13.0 Å². The summed E-state index contributed by atoms with van der Waals surface area (Å²) in [4.78, 5) is 23.3. The molecule has 1 aromatic carbocycles. The molecule has 20 heavy (non-hydrogen) atoms. The number of carboxylic acid groups (broad SMARTS) is 1. The lowest BCUT2D eigenvalue weighted by atomic mass is 9.80. The quantitative estimate of drug-likeness (QED) is 0.813. The molecule has 1 fully saturated rings. The van der Waals surface area contributed by atoms with Gasteiger partial charge in [-0.2, -0.15) is 0 Å². The first-order chi connectivity index (χ1) is 9.59. The normalized spacial score (nSPS) is 22.8. The zero-order chi connectivity index (χ0) is 14.3. The lowest BCUT2D eigenvalue weighted by Gasteiger charge is -2.28. The molecule has 2 atom stereocenters. The molecule has 2 heterocycles. The lowest BCUT2D eigenvalue weighted by molar-refractivity contribution is -0.149. The number of hydrogen-bond acceptors (Lipinski definition) is 2. The predicted octanol–water partition coefficient (Wildman–Crippen LogP) is 1.48. The highest BCUT2D eigenvalue weighted by molar-refractivity contribution is 5.99. The second kappa shape index (κ2) is 4.67. The summed E-state index contributed by atoms with van der Waals surface area (Å²) in [5.41, 5.74) is 2.00. The van der Waals surface area contributed by atoms with Gasteiger partial charge in [0.1, 0.15) is 5.92 Å². The van der Waals surface area contributed by atoms with Crippen LogP contribution >= 0.6 is 0 Å². The Morgan fingerprint density at radius 3 is 2.90 bits per heavy atom. The molecular formula is C15H16N2O3. The van der Waals surface area contributed by atoms with Crippen LogP contribution in [0.1, 0.15) is 17.9 Å². The molecule has 0 aliphatic carbocycles. The van der Waals surface area contributed by atoms with Gasteiger partial charge < -0.3 is 15.0 Å². The third-order valence-corrected chi connectivity index (χ3v) is 4.03. The van der Waals surface area contributed by atoms with E-state index in [1.807, 2.05) is 42.1 Å². The first kappa shape index (κ1) is 12.7. The molecule has 0 radical (unpaired) electrons. The van der Waals surface area contributed by atoms with Crippen molar-refractivity contribution in [2.45, 2.75) is 12.3 Å². The van der Waals surface area contributed by atoms with E-state index in [-0.39, 0.29) is 11.8 Å². The van der Waals surface area contributed by atoms with Gasteiger partial charge in [0.25, 0.3) is 0 Å². The van der Waals surface area contributed by atoms with Crippen molar-refractivity contribution in [3.8, 4) is 0 Å². The second-order valence-electron chi connectivity index (χ2n) is 5.21. The molecule has 3 rings (SSSR count). The van der Waals surface area contributed by atoms with E-state index in [1.165, 1.54) is 0 Å². The Hall–Kier alpha value is -2.30. The van der Waals surface area contributed by atoms with Crippen molar-refractivity contribution < 1.29 is 14.7 Å². The van der Waals surface area contributed by atoms with Crippen LogP contribution in [-0.2, 0) is 16.6 Å². The van der Waals surface area contributed by atoms with Crippen LogP contribution in [0.25, 0.3) is 10.9 Å². The van der Waals surface area contributed by atoms with Crippen LogP contribution in [0.3, 0.4) is 0 Å². The number of carboxylic acids is 1. The van der Waals surface area contributed by atoms with Crippen molar-refractivity contribution >= 4 is 22.8 Å². The van der Waals surface area contributed by atoms with E-state index in [4.69, 9.17) is 0 Å². The van der Waals surface area contributed by atoms with E-state index >= 15 is 0 Å². The Morgan fingerprint density at radius 1 is 1.40 bits per heavy atom. The molecule has 0 saturated carbocycles. The number of carbonyl (C=O) groups excluding carboxylic acids is 1. The lowest BCUT2D eigenvalue weighted by Crippen LogP contribution is -2.44. The maximum absolute atomic E-state index is 11.9. The molecule has 1 aliphatic rings. The summed E-state index contributed by atoms with van der Waals surface area (Å²) in [5, 5.41) is 13.0. The summed E-state index contributed by atoms with van der Waals surface area (Å²) >= 11 is 0. The summed E-state index contributed by atoms with van der Waals surface area (Å²) < 4.78 is 1.98. The molecule has 1 amide bonds. The second-order valence-corrected chi connectivity index (χ2v) is 5.21. The fraction of sp³-hybridized carbons (Fsp3) is 0.333. The standard InChI is InChI=1S/C15H16N2O3/c1-17-8-11(9-4-2-3-5-12(9)17)10-6-7-16-14(18)13(10)15(19)20/h2-5,8,10,13H,6-7H2,1H3,(H,16,18)(H,19,20). The van der Waals surface area contributed by atoms with Crippen molar-refractivity contribution in [2.24, 2.45) is 13.0 Å². The van der Waals surface area contributed by atoms with E-state index in [0.717, 1.165) is 16.5 Å². The third-order valence-electron chi connectivity index (χ3n) is 4.03. The smallest absolute Gasteiger partial charge is 0.316 e. The van der Waals surface area contributed by atoms with Crippen LogP contribution in [0, 0.1) is 5.92 Å². The van der Waals surface area contributed by atoms with Gasteiger partial charge in [0.15, 0.2) is 0 Å². The number of nitrogens with one attached hydrogen (secondary N) is 1. The van der Waals surface area contributed by atoms with Crippen LogP contribution < -0.4 is 5.32 Å². The van der Waals surface area contributed by atoms with Crippen molar-refractivity contribution in [2.75, 3.05) is 6.54 Å². The first-order valence-corrected chi connectivity index (χ1v) is 6.64. The maximum Gasteiger partial charge on any atom is 0.316 e. The van der Waals surface area contributed by atoms with Gasteiger partial charge in [0.05, 0.1) is 0 Å². The number of piperidine rings is 1. The SMILES string of the molecule is Cn1cc(C2CCNC(=O)C2C(=O)O)c2ccccc21. The van der Waals surface area contributed by atoms with E-state index in [2.05, 4.69) is 5.32 Å². The summed E-state index contributed by atoms with van der Waals surface area (Å²) in [7, 11) is 1.94. The number of aliphatic carboxylic acids is 1. The molecule has 1 saturated heterocycles. The predicted molar refractivity (Wildman–Crippen MR) is 74.4 cm³/mol. The van der Waals surface area contributed by atoms with Gasteiger partial charge in [-0.3, -0.25) is 9.59 Å². The van der Waals surface area contributed by atoms with E-state index in [9.17, 15) is 14.7 Å². The van der Waals surface area contributed by atoms with Gasteiger partial charge in [-0.1, -0.05) is 18.2 Å². The topological polar surface area (TPSA) is 71.3 Å². The fourth-order valence-corrected chi connectivity index (χ4v) is 3.10. The third kappa shape index (κ3) is 1.86. The van der Waals surface area contributed by atoms with Crippen LogP contribution in [0.5, 0.6) is 0 Å². The summed E-state index contributed by atoms with van der Waals surface area (Å²) in [6.45, 7) is 0.524. The minimum Gasteiger partial charge on any atom is -0.481 e. The van der Waals surface area contributed by atoms with Crippen LogP contribution in [0.15, 0.2) is 30.5 Å². The molecule has 1 aliphatic heterocycles. The number of fused-ring (bicyclic) bond motifs is 1. The number of para-hydroxylation sites is 1. The fourth-order valence-electron chi connectivity index (χ4n) is 3.10. The Kier molecular flexibility index (Phi) is 2.97. The Morgan fingerprint density at radius 2 is 2.15 bits per heavy atom. The zero-order valence-electron chi connectivity index (χ0n) is 11.2. The summed E-state index contributed by atoms with van der Waals surface area (Å²) in [6, 6.07) is 7.87. The highest BCUT2D eigenvalue weighted by Crippen LogP contribution is 2.36. The number of nitrogens with zero attached hydrogens (tertiary/aromatic N) is 1. The number of rotatable bonds is 2. The average molecular weight is 272 g/mol. The van der Waals surface area contributed by atoms with Gasteiger partial charge in [-0.05, 0) is 18.1 Å². The first-order valence-electron chi connectivity index (χ1n) is 6.64. The van der Waals surface area contributed by atoms with E-state index in [1.54, 1.807) is 0 Å². The molecular weight excluding hydrogens is 256 g/mol. The largest absolute Gasteiger partial charge is 0.481 e. The number of aromatic nitrogens is 1. The van der Waals surface area contributed by atoms with E-state index < -0.39 is 11.9 Å². The van der Waals surface area contributed by atoms with Gasteiger partial charge >= 0.3 is 5.97 Å². The highest BCUT2D eigenvalue weighted by atomic mass is 16.4. The summed E-state index contributed by atoms with van der Waals surface area (Å²) in [6.07, 6.45) is 2.60. The molecule has 5 nitrogen and oxygen atoms in total. The highest BCUT2D eigenvalue weighted by Gasteiger charge is 2.39. The minimum atomic E-state index is -1.06. The molecule has 0 bridgehead atoms. The van der Waals surface area contributed by atoms with Crippen molar-refractivity contribution in [1.29, 1.82) is 0 Å². The maximum atomic E-state index is 11.9. The van der Waals surface area contributed by atoms with Gasteiger partial charge in [0.2, 0.25) is 5.91 Å². The molecule has 2 aromatic rings. The Labute approximate surface area is 116 Å². The monoisotopic (exact) mass is 272 g/mol. The molecule has 2 unspecified atom stereocenters. The molecule has 5 heteroatoms. The zero-order valence-corrected chi connectivity index (χ0v) is 11.2. The number of hydrogen-bond donors (Lipinski definition) is 2. The molecule has 104 valence electrons. The van der Waals surface area contributed by atoms with Crippen LogP contribution in [-0.4, -0.2) is 28.1 Å². The number of aryl methyl sites for hydroxylation is 1. The summed E-state index contributed by atoms with van der Waals surface area (Å²) in [5.74, 6) is -2.72. The molecule has 2 N–H and O–H groups in total. The van der Waals surface area contributed by atoms with Gasteiger partial charge in [-0.15, -0.1) is 0 Å².